The zero-order valence-electron chi connectivity index (χ0n) is 15.7. The molecule has 31 heavy (non-hydrogen) atoms. The molecule has 0 saturated carbocycles. The van der Waals surface area contributed by atoms with Gasteiger partial charge in [-0.05, 0) is 46.3 Å². The van der Waals surface area contributed by atoms with Crippen molar-refractivity contribution in [1.82, 2.24) is 0 Å². The summed E-state index contributed by atoms with van der Waals surface area (Å²) in [7, 11) is 0. The largest absolute Gasteiger partial charge is 0.440 e. The molecule has 1 heterocycles. The second-order valence-electron chi connectivity index (χ2n) is 6.63. The fourth-order valence-corrected chi connectivity index (χ4v) is 4.43. The molecule has 1 aliphatic heterocycles. The first kappa shape index (κ1) is 21.3. The van der Waals surface area contributed by atoms with E-state index in [2.05, 4.69) is 22.0 Å². The Kier molecular flexibility index (Phi) is 5.92. The van der Waals surface area contributed by atoms with Crippen molar-refractivity contribution in [3.63, 3.8) is 0 Å². The Morgan fingerprint density at radius 1 is 1.10 bits per heavy atom. The van der Waals surface area contributed by atoms with Gasteiger partial charge in [0.15, 0.2) is 0 Å². The monoisotopic (exact) mass is 514 g/mol. The molecule has 1 atom stereocenters. The predicted molar refractivity (Wildman–Crippen MR) is 121 cm³/mol. The lowest BCUT2D eigenvalue weighted by molar-refractivity contribution is 0.0733. The Morgan fingerprint density at radius 3 is 2.48 bits per heavy atom. The molecular formula is C23H13BrCl2N2O3. The van der Waals surface area contributed by atoms with Gasteiger partial charge in [-0.3, -0.25) is 0 Å². The highest BCUT2D eigenvalue weighted by Gasteiger charge is 2.33. The third-order valence-corrected chi connectivity index (χ3v) is 6.13. The molecular weight excluding hydrogens is 503 g/mol. The van der Waals surface area contributed by atoms with E-state index in [1.54, 1.807) is 60.7 Å². The topological polar surface area (TPSA) is 85.3 Å². The fraction of sp³-hybridized carbons (Fsp3) is 0.0435. The Labute approximate surface area is 196 Å². The number of hydrogen-bond donors (Lipinski definition) is 1. The maximum Gasteiger partial charge on any atom is 0.344 e. The average Bonchev–Trinajstić information content (AvgIpc) is 2.73. The summed E-state index contributed by atoms with van der Waals surface area (Å²) in [6.45, 7) is 0. The molecule has 0 aliphatic carbocycles. The standard InChI is InChI=1S/C23H13BrCl2N2O3/c24-16-5-2-1-4-13(16)23(29)30-12-8-9-14-19(10-12)31-22(28)15(11-27)20(14)21-17(25)6-3-7-18(21)26/h1-10,20H,28H2. The summed E-state index contributed by atoms with van der Waals surface area (Å²) < 4.78 is 11.8. The molecule has 8 heteroatoms. The van der Waals surface area contributed by atoms with Crippen molar-refractivity contribution in [2.75, 3.05) is 0 Å². The summed E-state index contributed by atoms with van der Waals surface area (Å²) in [5.41, 5.74) is 7.78. The Balaban J connectivity index is 1.75. The minimum Gasteiger partial charge on any atom is -0.440 e. The maximum atomic E-state index is 12.5. The van der Waals surface area contributed by atoms with Crippen LogP contribution in [0.25, 0.3) is 0 Å². The van der Waals surface area contributed by atoms with Crippen LogP contribution in [0.5, 0.6) is 11.5 Å². The van der Waals surface area contributed by atoms with Crippen molar-refractivity contribution in [3.8, 4) is 17.6 Å². The summed E-state index contributed by atoms with van der Waals surface area (Å²) in [6, 6.07) is 19.0. The lowest BCUT2D eigenvalue weighted by Gasteiger charge is -2.27. The van der Waals surface area contributed by atoms with Gasteiger partial charge in [0.1, 0.15) is 23.1 Å². The smallest absolute Gasteiger partial charge is 0.344 e. The summed E-state index contributed by atoms with van der Waals surface area (Å²) >= 11 is 16.2. The van der Waals surface area contributed by atoms with Gasteiger partial charge in [-0.1, -0.05) is 47.5 Å². The van der Waals surface area contributed by atoms with E-state index < -0.39 is 11.9 Å². The van der Waals surface area contributed by atoms with E-state index in [0.29, 0.717) is 37.0 Å². The number of rotatable bonds is 3. The molecule has 2 N–H and O–H groups in total. The second-order valence-corrected chi connectivity index (χ2v) is 8.30. The Morgan fingerprint density at radius 2 is 1.81 bits per heavy atom. The first-order valence-corrected chi connectivity index (χ1v) is 10.6. The summed E-state index contributed by atoms with van der Waals surface area (Å²) in [5.74, 6) is -0.616. The molecule has 3 aromatic carbocycles. The van der Waals surface area contributed by atoms with E-state index in [4.69, 9.17) is 38.4 Å². The van der Waals surface area contributed by atoms with Crippen LogP contribution in [0.15, 0.2) is 76.6 Å². The first-order valence-electron chi connectivity index (χ1n) is 9.03. The number of fused-ring (bicyclic) bond motifs is 1. The van der Waals surface area contributed by atoms with Crippen molar-refractivity contribution in [3.05, 3.63) is 103 Å². The van der Waals surface area contributed by atoms with Gasteiger partial charge in [-0.25, -0.2) is 4.79 Å². The molecule has 0 aromatic heterocycles. The van der Waals surface area contributed by atoms with Gasteiger partial charge in [0.05, 0.1) is 11.5 Å². The van der Waals surface area contributed by atoms with Crippen molar-refractivity contribution >= 4 is 45.1 Å². The molecule has 0 amide bonds. The highest BCUT2D eigenvalue weighted by Crippen LogP contribution is 2.47. The van der Waals surface area contributed by atoms with Gasteiger partial charge in [0.2, 0.25) is 5.88 Å². The van der Waals surface area contributed by atoms with E-state index in [9.17, 15) is 10.1 Å². The summed E-state index contributed by atoms with van der Waals surface area (Å²) in [6.07, 6.45) is 0. The molecule has 4 rings (SSSR count). The SMILES string of the molecule is N#CC1=C(N)Oc2cc(OC(=O)c3ccccc3Br)ccc2C1c1c(Cl)cccc1Cl. The van der Waals surface area contributed by atoms with Crippen LogP contribution in [-0.2, 0) is 0 Å². The van der Waals surface area contributed by atoms with Crippen molar-refractivity contribution in [2.24, 2.45) is 5.73 Å². The number of nitrogens with two attached hydrogens (primary N) is 1. The van der Waals surface area contributed by atoms with E-state index in [-0.39, 0.29) is 17.2 Å². The molecule has 1 aliphatic rings. The summed E-state index contributed by atoms with van der Waals surface area (Å²) in [5, 5.41) is 10.5. The van der Waals surface area contributed by atoms with Crippen LogP contribution in [-0.4, -0.2) is 5.97 Å². The minimum absolute atomic E-state index is 0.0646. The number of esters is 1. The van der Waals surface area contributed by atoms with Crippen LogP contribution in [0.3, 0.4) is 0 Å². The molecule has 1 unspecified atom stereocenters. The number of nitriles is 1. The number of nitrogens with zero attached hydrogens (tertiary/aromatic N) is 1. The van der Waals surface area contributed by atoms with Gasteiger partial charge >= 0.3 is 5.97 Å². The maximum absolute atomic E-state index is 12.5. The highest BCUT2D eigenvalue weighted by molar-refractivity contribution is 9.10. The lowest BCUT2D eigenvalue weighted by Crippen LogP contribution is -2.21. The van der Waals surface area contributed by atoms with Crippen molar-refractivity contribution < 1.29 is 14.3 Å². The minimum atomic E-state index is -0.622. The number of carbonyl (C=O) groups is 1. The van der Waals surface area contributed by atoms with Crippen molar-refractivity contribution in [2.45, 2.75) is 5.92 Å². The predicted octanol–water partition coefficient (Wildman–Crippen LogP) is 6.19. The second kappa shape index (κ2) is 8.64. The third kappa shape index (κ3) is 4.00. The van der Waals surface area contributed by atoms with Crippen LogP contribution in [0.2, 0.25) is 10.0 Å². The number of hydrogen-bond acceptors (Lipinski definition) is 5. The third-order valence-electron chi connectivity index (χ3n) is 4.78. The van der Waals surface area contributed by atoms with Crippen LogP contribution in [0.1, 0.15) is 27.4 Å². The molecule has 0 saturated heterocycles. The molecule has 154 valence electrons. The quantitative estimate of drug-likeness (QED) is 0.332. The molecule has 3 aromatic rings. The fourth-order valence-electron chi connectivity index (χ4n) is 3.37. The number of ether oxygens (including phenoxy) is 2. The molecule has 0 fully saturated rings. The van der Waals surface area contributed by atoms with Crippen molar-refractivity contribution in [1.29, 1.82) is 5.26 Å². The van der Waals surface area contributed by atoms with E-state index in [1.165, 1.54) is 0 Å². The van der Waals surface area contributed by atoms with Crippen LogP contribution in [0.4, 0.5) is 0 Å². The Bertz CT molecular complexity index is 1260. The zero-order valence-corrected chi connectivity index (χ0v) is 18.8. The number of carbonyl (C=O) groups excluding carboxylic acids is 1. The van der Waals surface area contributed by atoms with Gasteiger partial charge in [-0.15, -0.1) is 0 Å². The van der Waals surface area contributed by atoms with Gasteiger partial charge in [0, 0.05) is 31.7 Å². The molecule has 0 bridgehead atoms. The van der Waals surface area contributed by atoms with Gasteiger partial charge < -0.3 is 15.2 Å². The van der Waals surface area contributed by atoms with Gasteiger partial charge in [0.25, 0.3) is 0 Å². The first-order chi connectivity index (χ1) is 14.9. The van der Waals surface area contributed by atoms with E-state index in [1.807, 2.05) is 0 Å². The normalized spacial score (nSPS) is 15.0. The average molecular weight is 516 g/mol. The molecule has 5 nitrogen and oxygen atoms in total. The summed E-state index contributed by atoms with van der Waals surface area (Å²) in [4.78, 5) is 12.5. The number of halogens is 3. The van der Waals surface area contributed by atoms with Gasteiger partial charge in [-0.2, -0.15) is 5.26 Å². The van der Waals surface area contributed by atoms with Crippen LogP contribution >= 0.6 is 39.1 Å². The number of benzene rings is 3. The molecule has 0 radical (unpaired) electrons. The van der Waals surface area contributed by atoms with E-state index in [0.717, 1.165) is 0 Å². The molecule has 0 spiro atoms. The van der Waals surface area contributed by atoms with E-state index >= 15 is 0 Å². The Hall–Kier alpha value is -2.98. The lowest BCUT2D eigenvalue weighted by atomic mass is 9.83. The van der Waals surface area contributed by atoms with Crippen LogP contribution in [0, 0.1) is 11.3 Å². The highest BCUT2D eigenvalue weighted by atomic mass is 79.9. The zero-order chi connectivity index (χ0) is 22.1. The number of allylic oxidation sites excluding steroid dienone is 1. The van der Waals surface area contributed by atoms with Crippen LogP contribution < -0.4 is 15.2 Å².